The Morgan fingerprint density at radius 2 is 1.93 bits per heavy atom. The van der Waals surface area contributed by atoms with Crippen molar-refractivity contribution in [2.24, 2.45) is 0 Å². The van der Waals surface area contributed by atoms with Crippen molar-refractivity contribution in [3.05, 3.63) is 65.0 Å². The maximum absolute atomic E-state index is 14.3. The van der Waals surface area contributed by atoms with Gasteiger partial charge in [0.05, 0.1) is 25.8 Å². The van der Waals surface area contributed by atoms with E-state index in [4.69, 9.17) is 4.74 Å². The van der Waals surface area contributed by atoms with Crippen molar-refractivity contribution >= 4 is 24.4 Å². The van der Waals surface area contributed by atoms with E-state index in [1.165, 1.54) is 19.2 Å². The molecule has 0 saturated carbocycles. The lowest BCUT2D eigenvalue weighted by Crippen LogP contribution is -2.51. The van der Waals surface area contributed by atoms with Gasteiger partial charge in [0.1, 0.15) is 11.6 Å². The summed E-state index contributed by atoms with van der Waals surface area (Å²) in [5.41, 5.74) is 1.41. The van der Waals surface area contributed by atoms with Crippen molar-refractivity contribution in [1.82, 2.24) is 15.5 Å². The number of hydrogen-bond acceptors (Lipinski definition) is 5. The zero-order valence-corrected chi connectivity index (χ0v) is 17.6. The Hall–Kier alpha value is -2.84. The number of methoxy groups -OCH3 is 2. The van der Waals surface area contributed by atoms with Crippen LogP contribution in [0.3, 0.4) is 0 Å². The smallest absolute Gasteiger partial charge is 0.337 e. The largest absolute Gasteiger partial charge is 0.497 e. The van der Waals surface area contributed by atoms with E-state index < -0.39 is 11.8 Å². The minimum Gasteiger partial charge on any atom is -0.497 e. The van der Waals surface area contributed by atoms with Crippen molar-refractivity contribution in [1.29, 1.82) is 0 Å². The molecule has 1 aliphatic heterocycles. The second-order valence-corrected chi connectivity index (χ2v) is 6.64. The molecule has 2 amide bonds. The minimum atomic E-state index is -0.609. The number of ether oxygens (including phenoxy) is 2. The van der Waals surface area contributed by atoms with Gasteiger partial charge in [0, 0.05) is 31.7 Å². The average molecular weight is 438 g/mol. The molecule has 0 aliphatic carbocycles. The number of hydrogen-bond donors (Lipinski definition) is 2. The van der Waals surface area contributed by atoms with E-state index in [-0.39, 0.29) is 36.6 Å². The van der Waals surface area contributed by atoms with Crippen LogP contribution in [-0.2, 0) is 11.3 Å². The van der Waals surface area contributed by atoms with E-state index >= 15 is 0 Å². The highest BCUT2D eigenvalue weighted by Gasteiger charge is 2.28. The highest BCUT2D eigenvalue weighted by atomic mass is 35.5. The lowest BCUT2D eigenvalue weighted by molar-refractivity contribution is 0.0600. The van der Waals surface area contributed by atoms with Crippen LogP contribution in [-0.4, -0.2) is 50.8 Å². The predicted molar refractivity (Wildman–Crippen MR) is 113 cm³/mol. The first-order valence-electron chi connectivity index (χ1n) is 9.29. The van der Waals surface area contributed by atoms with Gasteiger partial charge in [-0.05, 0) is 29.8 Å². The third kappa shape index (κ3) is 5.40. The number of piperazine rings is 1. The van der Waals surface area contributed by atoms with E-state index in [1.54, 1.807) is 12.0 Å². The SMILES string of the molecule is COC(=O)c1ccc(CNC(=O)N2CCNCC2c2ccc(OC)cc2)c(F)c1.Cl. The summed E-state index contributed by atoms with van der Waals surface area (Å²) in [6.45, 7) is 1.86. The second kappa shape index (κ2) is 10.8. The molecule has 1 unspecified atom stereocenters. The van der Waals surface area contributed by atoms with Gasteiger partial charge in [0.15, 0.2) is 0 Å². The van der Waals surface area contributed by atoms with Crippen LogP contribution in [0.1, 0.15) is 27.5 Å². The first kappa shape index (κ1) is 23.4. The molecule has 1 atom stereocenters. The third-order valence-electron chi connectivity index (χ3n) is 4.91. The minimum absolute atomic E-state index is 0. The molecule has 2 N–H and O–H groups in total. The van der Waals surface area contributed by atoms with Gasteiger partial charge >= 0.3 is 12.0 Å². The molecule has 9 heteroatoms. The van der Waals surface area contributed by atoms with Crippen molar-refractivity contribution in [2.75, 3.05) is 33.9 Å². The number of urea groups is 1. The fraction of sp³-hybridized carbons (Fsp3) is 0.333. The van der Waals surface area contributed by atoms with Crippen LogP contribution < -0.4 is 15.4 Å². The fourth-order valence-electron chi connectivity index (χ4n) is 3.28. The fourth-order valence-corrected chi connectivity index (χ4v) is 3.28. The van der Waals surface area contributed by atoms with Crippen LogP contribution in [0.2, 0.25) is 0 Å². The lowest BCUT2D eigenvalue weighted by atomic mass is 10.0. The van der Waals surface area contributed by atoms with Gasteiger partial charge in [-0.1, -0.05) is 18.2 Å². The van der Waals surface area contributed by atoms with Crippen LogP contribution in [0, 0.1) is 5.82 Å². The molecule has 3 rings (SSSR count). The number of halogens is 2. The molecular weight excluding hydrogens is 413 g/mol. The summed E-state index contributed by atoms with van der Waals surface area (Å²) in [5, 5.41) is 6.07. The summed E-state index contributed by atoms with van der Waals surface area (Å²) < 4.78 is 24.0. The Kier molecular flexibility index (Phi) is 8.44. The molecule has 2 aromatic carbocycles. The monoisotopic (exact) mass is 437 g/mol. The molecule has 1 fully saturated rings. The molecular formula is C21H25ClFN3O4. The van der Waals surface area contributed by atoms with E-state index in [0.717, 1.165) is 17.4 Å². The Balaban J connectivity index is 0.00000320. The average Bonchev–Trinajstić information content (AvgIpc) is 2.77. The number of esters is 1. The molecule has 0 aromatic heterocycles. The van der Waals surface area contributed by atoms with Gasteiger partial charge in [-0.3, -0.25) is 0 Å². The van der Waals surface area contributed by atoms with Crippen LogP contribution in [0.5, 0.6) is 5.75 Å². The van der Waals surface area contributed by atoms with Crippen LogP contribution in [0.15, 0.2) is 42.5 Å². The van der Waals surface area contributed by atoms with Gasteiger partial charge in [-0.2, -0.15) is 0 Å². The van der Waals surface area contributed by atoms with E-state index in [0.29, 0.717) is 25.2 Å². The van der Waals surface area contributed by atoms with Crippen LogP contribution in [0.4, 0.5) is 9.18 Å². The predicted octanol–water partition coefficient (Wildman–Crippen LogP) is 2.90. The highest BCUT2D eigenvalue weighted by Crippen LogP contribution is 2.24. The standard InChI is InChI=1S/C21H24FN3O4.ClH/c1-28-17-7-5-14(6-8-17)19-13-23-9-10-25(19)21(27)24-12-16-4-3-15(11-18(16)22)20(26)29-2;/h3-8,11,19,23H,9-10,12-13H2,1-2H3,(H,24,27);1H. The molecule has 1 saturated heterocycles. The van der Waals surface area contributed by atoms with Crippen molar-refractivity contribution in [3.63, 3.8) is 0 Å². The summed E-state index contributed by atoms with van der Waals surface area (Å²) in [6.07, 6.45) is 0. The van der Waals surface area contributed by atoms with Gasteiger partial charge in [0.2, 0.25) is 0 Å². The summed E-state index contributed by atoms with van der Waals surface area (Å²) in [7, 11) is 2.84. The van der Waals surface area contributed by atoms with Crippen molar-refractivity contribution < 1.29 is 23.5 Å². The molecule has 0 bridgehead atoms. The van der Waals surface area contributed by atoms with Crippen molar-refractivity contribution in [2.45, 2.75) is 12.6 Å². The van der Waals surface area contributed by atoms with E-state index in [2.05, 4.69) is 15.4 Å². The van der Waals surface area contributed by atoms with Crippen molar-refractivity contribution in [3.8, 4) is 5.75 Å². The molecule has 30 heavy (non-hydrogen) atoms. The second-order valence-electron chi connectivity index (χ2n) is 6.64. The van der Waals surface area contributed by atoms with Gasteiger partial charge in [-0.25, -0.2) is 14.0 Å². The normalized spacial score (nSPS) is 15.7. The summed E-state index contributed by atoms with van der Waals surface area (Å²) in [6, 6.07) is 11.2. The lowest BCUT2D eigenvalue weighted by Gasteiger charge is -2.36. The zero-order chi connectivity index (χ0) is 20.8. The molecule has 162 valence electrons. The number of nitrogens with zero attached hydrogens (tertiary/aromatic N) is 1. The summed E-state index contributed by atoms with van der Waals surface area (Å²) in [5.74, 6) is -0.428. The zero-order valence-electron chi connectivity index (χ0n) is 16.8. The molecule has 1 aliphatic rings. The van der Waals surface area contributed by atoms with E-state index in [9.17, 15) is 14.0 Å². The molecule has 2 aromatic rings. The molecule has 1 heterocycles. The molecule has 7 nitrogen and oxygen atoms in total. The summed E-state index contributed by atoms with van der Waals surface area (Å²) >= 11 is 0. The summed E-state index contributed by atoms with van der Waals surface area (Å²) in [4.78, 5) is 26.0. The third-order valence-corrected chi connectivity index (χ3v) is 4.91. The number of amides is 2. The maximum Gasteiger partial charge on any atom is 0.337 e. The van der Waals surface area contributed by atoms with E-state index in [1.807, 2.05) is 24.3 Å². The quantitative estimate of drug-likeness (QED) is 0.703. The van der Waals surface area contributed by atoms with Crippen LogP contribution >= 0.6 is 12.4 Å². The number of nitrogens with one attached hydrogen (secondary N) is 2. The maximum atomic E-state index is 14.3. The number of rotatable bonds is 5. The van der Waals surface area contributed by atoms with Gasteiger partial charge in [-0.15, -0.1) is 12.4 Å². The Bertz CT molecular complexity index is 879. The number of carbonyl (C=O) groups excluding carboxylic acids is 2. The first-order valence-corrected chi connectivity index (χ1v) is 9.29. The Labute approximate surface area is 180 Å². The van der Waals surface area contributed by atoms with Gasteiger partial charge < -0.3 is 25.0 Å². The Morgan fingerprint density at radius 3 is 2.57 bits per heavy atom. The topological polar surface area (TPSA) is 79.9 Å². The number of benzene rings is 2. The Morgan fingerprint density at radius 1 is 1.20 bits per heavy atom. The number of carbonyl (C=O) groups is 2. The highest BCUT2D eigenvalue weighted by molar-refractivity contribution is 5.89. The van der Waals surface area contributed by atoms with Gasteiger partial charge in [0.25, 0.3) is 0 Å². The first-order chi connectivity index (χ1) is 14.0. The molecule has 0 spiro atoms. The molecule has 0 radical (unpaired) electrons. The van der Waals surface area contributed by atoms with Crippen LogP contribution in [0.25, 0.3) is 0 Å².